The lowest BCUT2D eigenvalue weighted by Crippen LogP contribution is -2.15. The van der Waals surface area contributed by atoms with Crippen LogP contribution in [-0.2, 0) is 6.42 Å². The smallest absolute Gasteiger partial charge is 0.222 e. The summed E-state index contributed by atoms with van der Waals surface area (Å²) in [7, 11) is 0. The van der Waals surface area contributed by atoms with Crippen molar-refractivity contribution in [1.29, 1.82) is 5.26 Å². The van der Waals surface area contributed by atoms with Gasteiger partial charge in [-0.3, -0.25) is 0 Å². The summed E-state index contributed by atoms with van der Waals surface area (Å²) < 4.78 is 12.8. The second kappa shape index (κ2) is 6.62. The quantitative estimate of drug-likeness (QED) is 0.907. The Bertz CT molecular complexity index is 587. The molecule has 0 amide bonds. The van der Waals surface area contributed by atoms with E-state index in [0.717, 1.165) is 12.0 Å². The molecular weight excluding hydrogens is 255 g/mol. The molecule has 0 aliphatic rings. The van der Waals surface area contributed by atoms with Gasteiger partial charge in [0.1, 0.15) is 11.9 Å². The van der Waals surface area contributed by atoms with Crippen molar-refractivity contribution < 1.29 is 4.39 Å². The maximum absolute atomic E-state index is 12.8. The molecule has 1 aromatic carbocycles. The van der Waals surface area contributed by atoms with Gasteiger partial charge in [-0.1, -0.05) is 19.1 Å². The van der Waals surface area contributed by atoms with E-state index in [2.05, 4.69) is 22.2 Å². The number of hydrogen-bond donors (Lipinski definition) is 1. The minimum atomic E-state index is -0.217. The Labute approximate surface area is 117 Å². The lowest BCUT2D eigenvalue weighted by atomic mass is 10.0. The number of nitriles is 1. The van der Waals surface area contributed by atoms with Crippen LogP contribution in [0.25, 0.3) is 0 Å². The van der Waals surface area contributed by atoms with Crippen LogP contribution in [0.2, 0.25) is 0 Å². The van der Waals surface area contributed by atoms with E-state index in [-0.39, 0.29) is 5.82 Å². The van der Waals surface area contributed by atoms with Gasteiger partial charge in [0.2, 0.25) is 5.95 Å². The molecule has 2 rings (SSSR count). The van der Waals surface area contributed by atoms with Crippen LogP contribution in [-0.4, -0.2) is 16.5 Å². The Balaban J connectivity index is 1.83. The highest BCUT2D eigenvalue weighted by Gasteiger charge is 2.05. The normalized spacial score (nSPS) is 11.7. The lowest BCUT2D eigenvalue weighted by Gasteiger charge is -2.12. The summed E-state index contributed by atoms with van der Waals surface area (Å²) in [5.41, 5.74) is 1.54. The topological polar surface area (TPSA) is 61.6 Å². The first-order chi connectivity index (χ1) is 9.67. The minimum Gasteiger partial charge on any atom is -0.354 e. The molecule has 0 bridgehead atoms. The van der Waals surface area contributed by atoms with Gasteiger partial charge in [-0.2, -0.15) is 5.26 Å². The van der Waals surface area contributed by atoms with Crippen LogP contribution in [0.15, 0.2) is 36.7 Å². The van der Waals surface area contributed by atoms with Gasteiger partial charge >= 0.3 is 0 Å². The molecule has 1 aromatic heterocycles. The van der Waals surface area contributed by atoms with Crippen LogP contribution in [0, 0.1) is 23.1 Å². The van der Waals surface area contributed by atoms with Gasteiger partial charge in [-0.15, -0.1) is 0 Å². The van der Waals surface area contributed by atoms with Crippen molar-refractivity contribution >= 4 is 5.95 Å². The van der Waals surface area contributed by atoms with Gasteiger partial charge < -0.3 is 5.32 Å². The summed E-state index contributed by atoms with van der Waals surface area (Å²) in [5, 5.41) is 11.8. The summed E-state index contributed by atoms with van der Waals surface area (Å²) in [4.78, 5) is 8.09. The minimum absolute atomic E-state index is 0.217. The number of hydrogen-bond acceptors (Lipinski definition) is 4. The van der Waals surface area contributed by atoms with Crippen molar-refractivity contribution in [2.45, 2.75) is 13.3 Å². The average molecular weight is 270 g/mol. The number of halogens is 1. The van der Waals surface area contributed by atoms with Crippen molar-refractivity contribution in [3.63, 3.8) is 0 Å². The number of anilines is 1. The Morgan fingerprint density at radius 2 is 1.90 bits per heavy atom. The van der Waals surface area contributed by atoms with E-state index in [1.165, 1.54) is 24.5 Å². The Morgan fingerprint density at radius 3 is 2.50 bits per heavy atom. The lowest BCUT2D eigenvalue weighted by molar-refractivity contribution is 0.603. The first-order valence-electron chi connectivity index (χ1n) is 6.38. The monoisotopic (exact) mass is 270 g/mol. The number of nitrogens with zero attached hydrogens (tertiary/aromatic N) is 3. The van der Waals surface area contributed by atoms with E-state index in [4.69, 9.17) is 5.26 Å². The standard InChI is InChI=1S/C15H15FN4/c1-11(6-12-2-4-14(16)5-3-12)8-18-15-19-9-13(7-17)10-20-15/h2-5,9-11H,6,8H2,1H3,(H,18,19,20)/t11-/m0/s1. The van der Waals surface area contributed by atoms with Crippen LogP contribution < -0.4 is 5.32 Å². The van der Waals surface area contributed by atoms with Gasteiger partial charge in [0.25, 0.3) is 0 Å². The zero-order valence-electron chi connectivity index (χ0n) is 11.2. The number of nitrogens with one attached hydrogen (secondary N) is 1. The maximum Gasteiger partial charge on any atom is 0.222 e. The second-order valence-electron chi connectivity index (χ2n) is 4.72. The predicted octanol–water partition coefficient (Wildman–Crippen LogP) is 2.78. The van der Waals surface area contributed by atoms with Crippen LogP contribution in [0.5, 0.6) is 0 Å². The molecule has 0 unspecified atom stereocenters. The molecule has 0 spiro atoms. The fraction of sp³-hybridized carbons (Fsp3) is 0.267. The van der Waals surface area contributed by atoms with Crippen molar-refractivity contribution in [3.05, 3.63) is 53.6 Å². The zero-order valence-corrected chi connectivity index (χ0v) is 11.2. The van der Waals surface area contributed by atoms with E-state index in [1.54, 1.807) is 12.1 Å². The Kier molecular flexibility index (Phi) is 4.61. The first-order valence-corrected chi connectivity index (χ1v) is 6.38. The van der Waals surface area contributed by atoms with Gasteiger partial charge in [0, 0.05) is 6.54 Å². The van der Waals surface area contributed by atoms with E-state index in [9.17, 15) is 4.39 Å². The van der Waals surface area contributed by atoms with Gasteiger partial charge in [0.15, 0.2) is 0 Å². The zero-order chi connectivity index (χ0) is 14.4. The van der Waals surface area contributed by atoms with E-state index in [0.29, 0.717) is 24.0 Å². The number of rotatable bonds is 5. The first kappa shape index (κ1) is 13.9. The highest BCUT2D eigenvalue weighted by atomic mass is 19.1. The van der Waals surface area contributed by atoms with Crippen molar-refractivity contribution in [2.24, 2.45) is 5.92 Å². The molecule has 0 aliphatic heterocycles. The van der Waals surface area contributed by atoms with E-state index in [1.807, 2.05) is 6.07 Å². The molecule has 5 heteroatoms. The fourth-order valence-corrected chi connectivity index (χ4v) is 1.84. The van der Waals surface area contributed by atoms with Crippen LogP contribution in [0.1, 0.15) is 18.1 Å². The van der Waals surface area contributed by atoms with Gasteiger partial charge in [-0.05, 0) is 30.0 Å². The van der Waals surface area contributed by atoms with Crippen molar-refractivity contribution in [2.75, 3.05) is 11.9 Å². The molecule has 102 valence electrons. The Morgan fingerprint density at radius 1 is 1.25 bits per heavy atom. The van der Waals surface area contributed by atoms with Gasteiger partial charge in [-0.25, -0.2) is 14.4 Å². The fourth-order valence-electron chi connectivity index (χ4n) is 1.84. The SMILES string of the molecule is C[C@H](CNc1ncc(C#N)cn1)Cc1ccc(F)cc1. The highest BCUT2D eigenvalue weighted by Crippen LogP contribution is 2.10. The summed E-state index contributed by atoms with van der Waals surface area (Å²) in [6.45, 7) is 2.81. The molecule has 0 fully saturated rings. The van der Waals surface area contributed by atoms with E-state index >= 15 is 0 Å². The number of aromatic nitrogens is 2. The highest BCUT2D eigenvalue weighted by molar-refractivity contribution is 5.30. The molecule has 2 aromatic rings. The maximum atomic E-state index is 12.8. The third-order valence-electron chi connectivity index (χ3n) is 2.89. The van der Waals surface area contributed by atoms with Crippen LogP contribution in [0.3, 0.4) is 0 Å². The molecule has 4 nitrogen and oxygen atoms in total. The third kappa shape index (κ3) is 4.02. The van der Waals surface area contributed by atoms with Crippen LogP contribution in [0.4, 0.5) is 10.3 Å². The molecular formula is C15H15FN4. The molecule has 0 saturated heterocycles. The van der Waals surface area contributed by atoms with E-state index < -0.39 is 0 Å². The predicted molar refractivity (Wildman–Crippen MR) is 74.5 cm³/mol. The molecule has 1 heterocycles. The largest absolute Gasteiger partial charge is 0.354 e. The number of benzene rings is 1. The summed E-state index contributed by atoms with van der Waals surface area (Å²) in [6.07, 6.45) is 3.82. The molecule has 0 aliphatic carbocycles. The average Bonchev–Trinajstić information content (AvgIpc) is 2.48. The third-order valence-corrected chi connectivity index (χ3v) is 2.89. The Hall–Kier alpha value is -2.48. The molecule has 0 saturated carbocycles. The molecule has 20 heavy (non-hydrogen) atoms. The molecule has 1 N–H and O–H groups in total. The van der Waals surface area contributed by atoms with Crippen LogP contribution >= 0.6 is 0 Å². The summed E-state index contributed by atoms with van der Waals surface area (Å²) in [5.74, 6) is 0.653. The molecule has 1 atom stereocenters. The van der Waals surface area contributed by atoms with Gasteiger partial charge in [0.05, 0.1) is 18.0 Å². The molecule has 0 radical (unpaired) electrons. The van der Waals surface area contributed by atoms with Crippen molar-refractivity contribution in [3.8, 4) is 6.07 Å². The summed E-state index contributed by atoms with van der Waals surface area (Å²) >= 11 is 0. The summed E-state index contributed by atoms with van der Waals surface area (Å²) in [6, 6.07) is 8.51. The second-order valence-corrected chi connectivity index (χ2v) is 4.72. The van der Waals surface area contributed by atoms with Crippen molar-refractivity contribution in [1.82, 2.24) is 9.97 Å².